The number of hydrogen-bond donors (Lipinski definition) is 1. The minimum atomic E-state index is -0.311. The van der Waals surface area contributed by atoms with Gasteiger partial charge in [0.05, 0.1) is 13.0 Å². The highest BCUT2D eigenvalue weighted by molar-refractivity contribution is 6.30. The van der Waals surface area contributed by atoms with Gasteiger partial charge in [-0.15, -0.1) is 0 Å². The molecule has 5 heteroatoms. The van der Waals surface area contributed by atoms with Crippen molar-refractivity contribution in [3.8, 4) is 5.75 Å². The Morgan fingerprint density at radius 3 is 2.62 bits per heavy atom. The molecule has 2 rings (SSSR count). The van der Waals surface area contributed by atoms with Gasteiger partial charge in [0.25, 0.3) is 0 Å². The number of hydrogen-bond acceptors (Lipinski definition) is 4. The molecule has 2 N–H and O–H groups in total. The Kier molecular flexibility index (Phi) is 5.46. The molecule has 4 nitrogen and oxygen atoms in total. The van der Waals surface area contributed by atoms with Crippen molar-refractivity contribution in [2.75, 3.05) is 12.3 Å². The topological polar surface area (TPSA) is 61.5 Å². The monoisotopic (exact) mass is 305 g/mol. The third kappa shape index (κ3) is 5.36. The first kappa shape index (κ1) is 15.2. The Bertz CT molecular complexity index is 599. The van der Waals surface area contributed by atoms with E-state index in [4.69, 9.17) is 26.8 Å². The highest BCUT2D eigenvalue weighted by atomic mass is 35.5. The summed E-state index contributed by atoms with van der Waals surface area (Å²) in [6.07, 6.45) is 0.183. The fourth-order valence-electron chi connectivity index (χ4n) is 1.67. The second-order valence-electron chi connectivity index (χ2n) is 4.46. The Labute approximate surface area is 128 Å². The van der Waals surface area contributed by atoms with Crippen LogP contribution < -0.4 is 10.5 Å². The molecule has 0 radical (unpaired) electrons. The van der Waals surface area contributed by atoms with Gasteiger partial charge in [0, 0.05) is 16.8 Å². The molecule has 0 amide bonds. The van der Waals surface area contributed by atoms with Crippen LogP contribution in [-0.2, 0) is 16.1 Å². The number of rotatable bonds is 6. The zero-order chi connectivity index (χ0) is 15.1. The fraction of sp³-hybridized carbons (Fsp3) is 0.188. The fourth-order valence-corrected chi connectivity index (χ4v) is 1.80. The van der Waals surface area contributed by atoms with Crippen LogP contribution in [0.4, 0.5) is 5.69 Å². The molecule has 0 aliphatic carbocycles. The third-order valence-electron chi connectivity index (χ3n) is 2.75. The van der Waals surface area contributed by atoms with Gasteiger partial charge in [-0.25, -0.2) is 0 Å². The first-order valence-corrected chi connectivity index (χ1v) is 6.90. The Balaban J connectivity index is 1.69. The van der Waals surface area contributed by atoms with Crippen LogP contribution in [-0.4, -0.2) is 12.6 Å². The first-order chi connectivity index (χ1) is 10.1. The molecule has 2 aromatic rings. The highest BCUT2D eigenvalue weighted by Gasteiger charge is 2.04. The van der Waals surface area contributed by atoms with Crippen molar-refractivity contribution in [1.82, 2.24) is 0 Å². The SMILES string of the molecule is Nc1cccc(OCCC(=O)OCc2ccc(Cl)cc2)c1. The largest absolute Gasteiger partial charge is 0.493 e. The predicted octanol–water partition coefficient (Wildman–Crippen LogP) is 3.43. The average Bonchev–Trinajstić information content (AvgIpc) is 2.47. The Morgan fingerprint density at radius 1 is 1.14 bits per heavy atom. The van der Waals surface area contributed by atoms with Crippen molar-refractivity contribution in [2.24, 2.45) is 0 Å². The van der Waals surface area contributed by atoms with E-state index in [1.807, 2.05) is 12.1 Å². The van der Waals surface area contributed by atoms with Crippen LogP contribution in [0.3, 0.4) is 0 Å². The van der Waals surface area contributed by atoms with Gasteiger partial charge in [-0.2, -0.15) is 0 Å². The van der Waals surface area contributed by atoms with E-state index in [1.54, 1.807) is 36.4 Å². The van der Waals surface area contributed by atoms with Crippen molar-refractivity contribution in [1.29, 1.82) is 0 Å². The molecular weight excluding hydrogens is 290 g/mol. The normalized spacial score (nSPS) is 10.1. The maximum atomic E-state index is 11.6. The van der Waals surface area contributed by atoms with Gasteiger partial charge in [0.1, 0.15) is 12.4 Å². The highest BCUT2D eigenvalue weighted by Crippen LogP contribution is 2.14. The van der Waals surface area contributed by atoms with Gasteiger partial charge in [-0.05, 0) is 29.8 Å². The molecule has 0 atom stereocenters. The molecule has 0 aliphatic rings. The number of esters is 1. The maximum absolute atomic E-state index is 11.6. The lowest BCUT2D eigenvalue weighted by molar-refractivity contribution is -0.145. The van der Waals surface area contributed by atoms with Crippen molar-refractivity contribution in [2.45, 2.75) is 13.0 Å². The van der Waals surface area contributed by atoms with Gasteiger partial charge in [-0.3, -0.25) is 4.79 Å². The second-order valence-corrected chi connectivity index (χ2v) is 4.89. The molecule has 0 aromatic heterocycles. The van der Waals surface area contributed by atoms with E-state index >= 15 is 0 Å². The van der Waals surface area contributed by atoms with Crippen LogP contribution in [0.25, 0.3) is 0 Å². The van der Waals surface area contributed by atoms with Crippen LogP contribution in [0, 0.1) is 0 Å². The molecule has 0 heterocycles. The van der Waals surface area contributed by atoms with Crippen LogP contribution in [0.15, 0.2) is 48.5 Å². The van der Waals surface area contributed by atoms with Crippen LogP contribution >= 0.6 is 11.6 Å². The van der Waals surface area contributed by atoms with E-state index in [-0.39, 0.29) is 25.6 Å². The third-order valence-corrected chi connectivity index (χ3v) is 3.00. The maximum Gasteiger partial charge on any atom is 0.309 e. The van der Waals surface area contributed by atoms with E-state index in [1.165, 1.54) is 0 Å². The first-order valence-electron chi connectivity index (χ1n) is 6.52. The predicted molar refractivity (Wildman–Crippen MR) is 82.2 cm³/mol. The summed E-state index contributed by atoms with van der Waals surface area (Å²) < 4.78 is 10.6. The van der Waals surface area contributed by atoms with Gasteiger partial charge < -0.3 is 15.2 Å². The summed E-state index contributed by atoms with van der Waals surface area (Å²) in [4.78, 5) is 11.6. The minimum Gasteiger partial charge on any atom is -0.493 e. The molecule has 2 aromatic carbocycles. The van der Waals surface area contributed by atoms with E-state index < -0.39 is 0 Å². The molecule has 110 valence electrons. The van der Waals surface area contributed by atoms with Gasteiger partial charge in [-0.1, -0.05) is 29.8 Å². The number of carbonyl (C=O) groups is 1. The minimum absolute atomic E-state index is 0.183. The standard InChI is InChI=1S/C16H16ClNO3/c17-13-6-4-12(5-7-13)11-21-16(19)8-9-20-15-3-1-2-14(18)10-15/h1-7,10H,8-9,11,18H2. The quantitative estimate of drug-likeness (QED) is 0.656. The molecule has 0 spiro atoms. The van der Waals surface area contributed by atoms with Crippen molar-refractivity contribution in [3.05, 3.63) is 59.1 Å². The molecule has 0 aliphatic heterocycles. The molecule has 0 unspecified atom stereocenters. The number of nitrogen functional groups attached to an aromatic ring is 1. The summed E-state index contributed by atoms with van der Waals surface area (Å²) in [7, 11) is 0. The lowest BCUT2D eigenvalue weighted by Crippen LogP contribution is -2.10. The van der Waals surface area contributed by atoms with Crippen LogP contribution in [0.5, 0.6) is 5.75 Å². The van der Waals surface area contributed by atoms with E-state index in [0.717, 1.165) is 5.56 Å². The molecule has 21 heavy (non-hydrogen) atoms. The zero-order valence-corrected chi connectivity index (χ0v) is 12.2. The summed E-state index contributed by atoms with van der Waals surface area (Å²) in [5.74, 6) is 0.328. The molecule has 0 bridgehead atoms. The smallest absolute Gasteiger partial charge is 0.309 e. The van der Waals surface area contributed by atoms with E-state index in [2.05, 4.69) is 0 Å². The lowest BCUT2D eigenvalue weighted by atomic mass is 10.2. The van der Waals surface area contributed by atoms with Crippen LogP contribution in [0.1, 0.15) is 12.0 Å². The van der Waals surface area contributed by atoms with E-state index in [9.17, 15) is 4.79 Å². The Morgan fingerprint density at radius 2 is 1.90 bits per heavy atom. The molecular formula is C16H16ClNO3. The van der Waals surface area contributed by atoms with Gasteiger partial charge in [0.15, 0.2) is 0 Å². The van der Waals surface area contributed by atoms with Crippen molar-refractivity contribution >= 4 is 23.3 Å². The zero-order valence-electron chi connectivity index (χ0n) is 11.4. The summed E-state index contributed by atoms with van der Waals surface area (Å²) in [5, 5.41) is 0.653. The summed E-state index contributed by atoms with van der Waals surface area (Å²) in [6.45, 7) is 0.483. The number of halogens is 1. The second kappa shape index (κ2) is 7.55. The number of carbonyl (C=O) groups excluding carboxylic acids is 1. The van der Waals surface area contributed by atoms with Crippen molar-refractivity contribution in [3.63, 3.8) is 0 Å². The molecule has 0 saturated carbocycles. The molecule has 0 fully saturated rings. The number of benzene rings is 2. The summed E-state index contributed by atoms with van der Waals surface area (Å²) in [5.41, 5.74) is 7.15. The van der Waals surface area contributed by atoms with E-state index in [0.29, 0.717) is 16.5 Å². The van der Waals surface area contributed by atoms with Crippen molar-refractivity contribution < 1.29 is 14.3 Å². The number of anilines is 1. The summed E-state index contributed by atoms with van der Waals surface area (Å²) >= 11 is 5.78. The number of ether oxygens (including phenoxy) is 2. The van der Waals surface area contributed by atoms with Crippen LogP contribution in [0.2, 0.25) is 5.02 Å². The van der Waals surface area contributed by atoms with Gasteiger partial charge in [0.2, 0.25) is 0 Å². The number of nitrogens with two attached hydrogens (primary N) is 1. The average molecular weight is 306 g/mol. The molecule has 0 saturated heterocycles. The summed E-state index contributed by atoms with van der Waals surface area (Å²) in [6, 6.07) is 14.2. The van der Waals surface area contributed by atoms with Gasteiger partial charge >= 0.3 is 5.97 Å². The Hall–Kier alpha value is -2.20. The lowest BCUT2D eigenvalue weighted by Gasteiger charge is -2.07.